The Kier molecular flexibility index (Phi) is 7.56. The summed E-state index contributed by atoms with van der Waals surface area (Å²) < 4.78 is 9.66. The summed E-state index contributed by atoms with van der Waals surface area (Å²) in [6.45, 7) is 8.62. The summed E-state index contributed by atoms with van der Waals surface area (Å²) in [7, 11) is 1.64. The van der Waals surface area contributed by atoms with Gasteiger partial charge in [-0.25, -0.2) is 9.67 Å². The van der Waals surface area contributed by atoms with E-state index in [9.17, 15) is 4.79 Å². The molecule has 1 atom stereocenters. The van der Waals surface area contributed by atoms with Gasteiger partial charge in [-0.05, 0) is 57.1 Å². The minimum absolute atomic E-state index is 0.0765. The first kappa shape index (κ1) is 26.5. The highest BCUT2D eigenvalue weighted by Crippen LogP contribution is 2.36. The number of nitrogens with one attached hydrogen (secondary N) is 1. The molecule has 3 aromatic heterocycles. The van der Waals surface area contributed by atoms with E-state index in [2.05, 4.69) is 69.2 Å². The summed E-state index contributed by atoms with van der Waals surface area (Å²) in [6.07, 6.45) is 7.06. The molecule has 0 unspecified atom stereocenters. The summed E-state index contributed by atoms with van der Waals surface area (Å²) in [5.41, 5.74) is 4.43. The van der Waals surface area contributed by atoms with Gasteiger partial charge in [0.1, 0.15) is 17.6 Å². The van der Waals surface area contributed by atoms with Crippen molar-refractivity contribution < 1.29 is 4.74 Å². The van der Waals surface area contributed by atoms with Gasteiger partial charge < -0.3 is 10.1 Å². The van der Waals surface area contributed by atoms with Crippen molar-refractivity contribution in [3.05, 3.63) is 64.6 Å². The van der Waals surface area contributed by atoms with Gasteiger partial charge in [-0.3, -0.25) is 14.4 Å². The van der Waals surface area contributed by atoms with Crippen molar-refractivity contribution in [2.75, 3.05) is 25.0 Å². The summed E-state index contributed by atoms with van der Waals surface area (Å²) in [5.74, 6) is 2.16. The molecule has 0 spiro atoms. The van der Waals surface area contributed by atoms with Crippen LogP contribution in [-0.4, -0.2) is 55.2 Å². The fourth-order valence-electron chi connectivity index (χ4n) is 6.12. The number of anilines is 1. The number of aryl methyl sites for hydroxylation is 1. The van der Waals surface area contributed by atoms with Gasteiger partial charge in [0.15, 0.2) is 0 Å². The van der Waals surface area contributed by atoms with Crippen LogP contribution in [0.25, 0.3) is 22.2 Å². The molecule has 0 radical (unpaired) electrons. The molecule has 9 heteroatoms. The number of hydrogen-bond donors (Lipinski definition) is 1. The lowest BCUT2D eigenvalue weighted by atomic mass is 9.93. The molecule has 4 heterocycles. The van der Waals surface area contributed by atoms with Crippen LogP contribution in [0.2, 0.25) is 0 Å². The largest absolute Gasteiger partial charge is 0.473 e. The van der Waals surface area contributed by atoms with E-state index >= 15 is 0 Å². The molecule has 1 saturated carbocycles. The van der Waals surface area contributed by atoms with Crippen molar-refractivity contribution in [3.8, 4) is 17.1 Å². The monoisotopic (exact) mass is 541 g/mol. The Morgan fingerprint density at radius 3 is 2.52 bits per heavy atom. The predicted molar refractivity (Wildman–Crippen MR) is 158 cm³/mol. The maximum absolute atomic E-state index is 11.7. The number of benzene rings is 1. The number of likely N-dealkylation sites (tertiary alicyclic amines) is 1. The van der Waals surface area contributed by atoms with Gasteiger partial charge in [-0.2, -0.15) is 5.10 Å². The molecule has 40 heavy (non-hydrogen) atoms. The second-order valence-corrected chi connectivity index (χ2v) is 11.4. The Morgan fingerprint density at radius 1 is 1.02 bits per heavy atom. The SMILES string of the molecule is CCNc1cc2c(cn1)c(-c1ccc(CN3CC[C@@H](C)C3)cc1)nn2[C@H]1CC[C@@H](Oc2ccc(=O)n(C)n2)CC1. The zero-order chi connectivity index (χ0) is 27.6. The second-order valence-electron chi connectivity index (χ2n) is 11.4. The molecule has 1 N–H and O–H groups in total. The van der Waals surface area contributed by atoms with E-state index in [1.54, 1.807) is 13.1 Å². The minimum atomic E-state index is -0.139. The predicted octanol–water partition coefficient (Wildman–Crippen LogP) is 5.03. The van der Waals surface area contributed by atoms with Gasteiger partial charge in [0, 0.05) is 62.0 Å². The summed E-state index contributed by atoms with van der Waals surface area (Å²) >= 11 is 0. The van der Waals surface area contributed by atoms with Crippen LogP contribution in [0.4, 0.5) is 5.82 Å². The van der Waals surface area contributed by atoms with Crippen molar-refractivity contribution in [1.82, 2.24) is 29.4 Å². The molecule has 210 valence electrons. The zero-order valence-corrected chi connectivity index (χ0v) is 23.7. The number of nitrogens with zero attached hydrogens (tertiary/aromatic N) is 6. The molecule has 1 aliphatic heterocycles. The van der Waals surface area contributed by atoms with E-state index < -0.39 is 0 Å². The first-order valence-electron chi connectivity index (χ1n) is 14.6. The molecule has 2 fully saturated rings. The Hall–Kier alpha value is -3.72. The lowest BCUT2D eigenvalue weighted by Gasteiger charge is -2.29. The molecule has 1 aromatic carbocycles. The molecule has 2 aliphatic rings. The summed E-state index contributed by atoms with van der Waals surface area (Å²) in [6, 6.07) is 14.5. The molecule has 0 amide bonds. The average Bonchev–Trinajstić information content (AvgIpc) is 3.55. The summed E-state index contributed by atoms with van der Waals surface area (Å²) in [5, 5.41) is 13.9. The molecule has 4 aromatic rings. The van der Waals surface area contributed by atoms with E-state index in [4.69, 9.17) is 9.84 Å². The highest BCUT2D eigenvalue weighted by atomic mass is 16.5. The highest BCUT2D eigenvalue weighted by molar-refractivity contribution is 5.94. The van der Waals surface area contributed by atoms with Gasteiger partial charge in [-0.15, -0.1) is 5.10 Å². The molecular formula is C31H39N7O2. The quantitative estimate of drug-likeness (QED) is 0.335. The first-order chi connectivity index (χ1) is 19.5. The van der Waals surface area contributed by atoms with Crippen molar-refractivity contribution >= 4 is 16.7 Å². The summed E-state index contributed by atoms with van der Waals surface area (Å²) in [4.78, 5) is 18.9. The normalized spacial score (nSPS) is 21.6. The standard InChI is InChI=1S/C31H39N7O2/c1-4-32-28-17-27-26(18-33-28)31(23-7-5-22(6-8-23)20-37-16-15-21(2)19-37)35-38(27)24-9-11-25(12-10-24)40-29-13-14-30(39)36(3)34-29/h5-8,13-14,17-18,21,24-25H,4,9-12,15-16,19-20H2,1-3H3,(H,32,33)/t21-,24-,25+/m1/s1. The third kappa shape index (κ3) is 5.61. The van der Waals surface area contributed by atoms with Gasteiger partial charge >= 0.3 is 0 Å². The molecule has 1 saturated heterocycles. The number of pyridine rings is 1. The number of hydrogen-bond acceptors (Lipinski definition) is 7. The number of rotatable bonds is 8. The van der Waals surface area contributed by atoms with Crippen molar-refractivity contribution in [3.63, 3.8) is 0 Å². The van der Waals surface area contributed by atoms with Crippen LogP contribution in [0.5, 0.6) is 5.88 Å². The van der Waals surface area contributed by atoms with Crippen molar-refractivity contribution in [2.45, 2.75) is 64.6 Å². The minimum Gasteiger partial charge on any atom is -0.473 e. The second kappa shape index (κ2) is 11.4. The lowest BCUT2D eigenvalue weighted by molar-refractivity contribution is 0.123. The van der Waals surface area contributed by atoms with Crippen LogP contribution in [-0.2, 0) is 13.6 Å². The fraction of sp³-hybridized carbons (Fsp3) is 0.484. The highest BCUT2D eigenvalue weighted by Gasteiger charge is 2.27. The topological polar surface area (TPSA) is 90.1 Å². The number of ether oxygens (including phenoxy) is 1. The molecule has 1 aliphatic carbocycles. The van der Waals surface area contributed by atoms with Gasteiger partial charge in [0.25, 0.3) is 5.56 Å². The number of aromatic nitrogens is 5. The van der Waals surface area contributed by atoms with E-state index in [0.717, 1.165) is 72.7 Å². The Morgan fingerprint density at radius 2 is 1.82 bits per heavy atom. The Balaban J connectivity index is 1.22. The van der Waals surface area contributed by atoms with Crippen LogP contribution < -0.4 is 15.6 Å². The molecule has 6 rings (SSSR count). The van der Waals surface area contributed by atoms with Crippen molar-refractivity contribution in [1.29, 1.82) is 0 Å². The average molecular weight is 542 g/mol. The van der Waals surface area contributed by atoms with Gasteiger partial charge in [0.05, 0.1) is 11.6 Å². The molecule has 0 bridgehead atoms. The third-order valence-electron chi connectivity index (χ3n) is 8.30. The van der Waals surface area contributed by atoms with E-state index in [1.165, 1.54) is 35.8 Å². The van der Waals surface area contributed by atoms with Gasteiger partial charge in [0.2, 0.25) is 5.88 Å². The number of fused-ring (bicyclic) bond motifs is 1. The fourth-order valence-corrected chi connectivity index (χ4v) is 6.12. The van der Waals surface area contributed by atoms with Crippen LogP contribution in [0.3, 0.4) is 0 Å². The van der Waals surface area contributed by atoms with E-state index in [0.29, 0.717) is 5.88 Å². The van der Waals surface area contributed by atoms with Crippen molar-refractivity contribution in [2.24, 2.45) is 13.0 Å². The third-order valence-corrected chi connectivity index (χ3v) is 8.30. The Bertz CT molecular complexity index is 1520. The smallest absolute Gasteiger partial charge is 0.266 e. The van der Waals surface area contributed by atoms with Gasteiger partial charge in [-0.1, -0.05) is 31.2 Å². The first-order valence-corrected chi connectivity index (χ1v) is 14.6. The zero-order valence-electron chi connectivity index (χ0n) is 23.7. The van der Waals surface area contributed by atoms with Crippen LogP contribution in [0.15, 0.2) is 53.5 Å². The van der Waals surface area contributed by atoms with Crippen LogP contribution >= 0.6 is 0 Å². The van der Waals surface area contributed by atoms with Crippen LogP contribution in [0.1, 0.15) is 57.6 Å². The Labute approximate surface area is 235 Å². The lowest BCUT2D eigenvalue weighted by Crippen LogP contribution is -2.27. The maximum Gasteiger partial charge on any atom is 0.266 e. The van der Waals surface area contributed by atoms with E-state index in [-0.39, 0.29) is 17.7 Å². The van der Waals surface area contributed by atoms with Crippen LogP contribution in [0, 0.1) is 5.92 Å². The van der Waals surface area contributed by atoms with E-state index in [1.807, 2.05) is 6.20 Å². The molecular weight excluding hydrogens is 502 g/mol. The molecule has 9 nitrogen and oxygen atoms in total. The maximum atomic E-state index is 11.7.